The lowest BCUT2D eigenvalue weighted by molar-refractivity contribution is -0.131. The highest BCUT2D eigenvalue weighted by atomic mass is 32.2. The third-order valence-corrected chi connectivity index (χ3v) is 5.38. The van der Waals surface area contributed by atoms with Crippen LogP contribution in [0.5, 0.6) is 0 Å². The fourth-order valence-electron chi connectivity index (χ4n) is 3.04. The molecule has 1 heterocycles. The molecular formula is C22H23N3O3S. The number of nitrogens with zero attached hydrogens (tertiary/aromatic N) is 1. The van der Waals surface area contributed by atoms with E-state index in [1.165, 1.54) is 6.08 Å². The Morgan fingerprint density at radius 1 is 1.17 bits per heavy atom. The van der Waals surface area contributed by atoms with Gasteiger partial charge < -0.3 is 15.7 Å². The van der Waals surface area contributed by atoms with Crippen LogP contribution in [0.25, 0.3) is 6.08 Å². The number of anilines is 2. The molecular weight excluding hydrogens is 386 g/mol. The quantitative estimate of drug-likeness (QED) is 0.630. The predicted octanol–water partition coefficient (Wildman–Crippen LogP) is 4.56. The Hall–Kier alpha value is -3.06. The normalized spacial score (nSPS) is 13.8. The van der Waals surface area contributed by atoms with Gasteiger partial charge in [-0.05, 0) is 73.4 Å². The molecule has 1 aliphatic rings. The van der Waals surface area contributed by atoms with Crippen molar-refractivity contribution in [3.05, 3.63) is 64.7 Å². The van der Waals surface area contributed by atoms with Gasteiger partial charge in [0.25, 0.3) is 5.91 Å². The third kappa shape index (κ3) is 5.71. The van der Waals surface area contributed by atoms with Crippen LogP contribution < -0.4 is 10.6 Å². The largest absolute Gasteiger partial charge is 0.478 e. The zero-order chi connectivity index (χ0) is 20.8. The van der Waals surface area contributed by atoms with Crippen LogP contribution in [0.15, 0.2) is 47.5 Å². The number of carbonyl (C=O) groups is 2. The van der Waals surface area contributed by atoms with Crippen molar-refractivity contribution in [3.8, 4) is 0 Å². The van der Waals surface area contributed by atoms with Crippen molar-refractivity contribution in [3.63, 3.8) is 0 Å². The van der Waals surface area contributed by atoms with Crippen LogP contribution in [-0.2, 0) is 4.79 Å². The molecule has 29 heavy (non-hydrogen) atoms. The summed E-state index contributed by atoms with van der Waals surface area (Å²) in [5.41, 5.74) is 4.61. The summed E-state index contributed by atoms with van der Waals surface area (Å²) in [6.45, 7) is 4.60. The summed E-state index contributed by atoms with van der Waals surface area (Å²) in [5, 5.41) is 15.9. The molecule has 0 unspecified atom stereocenters. The van der Waals surface area contributed by atoms with Crippen molar-refractivity contribution in [1.82, 2.24) is 0 Å². The number of nitrogens with one attached hydrogen (secondary N) is 2. The van der Waals surface area contributed by atoms with Crippen LogP contribution in [0.3, 0.4) is 0 Å². The topological polar surface area (TPSA) is 90.8 Å². The number of amidine groups is 1. The molecule has 0 atom stereocenters. The van der Waals surface area contributed by atoms with Gasteiger partial charge in [-0.2, -0.15) is 0 Å². The van der Waals surface area contributed by atoms with Gasteiger partial charge in [-0.1, -0.05) is 17.8 Å². The highest BCUT2D eigenvalue weighted by Crippen LogP contribution is 2.24. The standard InChI is InChI=1S/C22H23N3O3S/c1-14-11-16(7-8-19(26)27)12-15(2)20(14)25-21(28)17-5-3-6-18(13-17)24-22-23-9-4-10-29-22/h3,5-8,11-13H,4,9-10H2,1-2H3,(H,23,24)(H,25,28)(H,26,27)/b8-7+. The summed E-state index contributed by atoms with van der Waals surface area (Å²) in [7, 11) is 0. The Morgan fingerprint density at radius 3 is 2.59 bits per heavy atom. The number of aryl methyl sites for hydroxylation is 2. The van der Waals surface area contributed by atoms with E-state index in [-0.39, 0.29) is 5.91 Å². The maximum atomic E-state index is 12.8. The Bertz CT molecular complexity index is 976. The van der Waals surface area contributed by atoms with Gasteiger partial charge in [0.05, 0.1) is 0 Å². The first-order valence-electron chi connectivity index (χ1n) is 9.30. The summed E-state index contributed by atoms with van der Waals surface area (Å²) in [6.07, 6.45) is 3.72. The van der Waals surface area contributed by atoms with Crippen molar-refractivity contribution in [2.45, 2.75) is 20.3 Å². The van der Waals surface area contributed by atoms with Crippen molar-refractivity contribution >= 4 is 46.3 Å². The lowest BCUT2D eigenvalue weighted by atomic mass is 10.0. The molecule has 2 aromatic rings. The third-order valence-electron chi connectivity index (χ3n) is 4.38. The fraction of sp³-hybridized carbons (Fsp3) is 0.227. The monoisotopic (exact) mass is 409 g/mol. The zero-order valence-electron chi connectivity index (χ0n) is 16.4. The number of thioether (sulfide) groups is 1. The maximum absolute atomic E-state index is 12.8. The first kappa shape index (κ1) is 20.7. The molecule has 0 aliphatic carbocycles. The Morgan fingerprint density at radius 2 is 1.93 bits per heavy atom. The fourth-order valence-corrected chi connectivity index (χ4v) is 3.88. The minimum Gasteiger partial charge on any atom is -0.478 e. The SMILES string of the molecule is Cc1cc(/C=C/C(=O)O)cc(C)c1NC(=O)c1cccc(NC2=NCCCS2)c1. The van der Waals surface area contributed by atoms with Gasteiger partial charge in [-0.25, -0.2) is 4.79 Å². The first-order chi connectivity index (χ1) is 13.9. The summed E-state index contributed by atoms with van der Waals surface area (Å²) >= 11 is 1.68. The van der Waals surface area contributed by atoms with Crippen molar-refractivity contribution in [1.29, 1.82) is 0 Å². The van der Waals surface area contributed by atoms with E-state index in [2.05, 4.69) is 15.6 Å². The lowest BCUT2D eigenvalue weighted by Gasteiger charge is -2.15. The average Bonchev–Trinajstić information content (AvgIpc) is 2.70. The van der Waals surface area contributed by atoms with E-state index in [4.69, 9.17) is 5.11 Å². The number of hydrogen-bond donors (Lipinski definition) is 3. The molecule has 0 aromatic heterocycles. The van der Waals surface area contributed by atoms with E-state index in [0.717, 1.165) is 58.0 Å². The molecule has 7 heteroatoms. The molecule has 1 amide bonds. The Labute approximate surface area is 174 Å². The molecule has 6 nitrogen and oxygen atoms in total. The predicted molar refractivity (Wildman–Crippen MR) is 120 cm³/mol. The number of aliphatic imine (C=N–C) groups is 1. The van der Waals surface area contributed by atoms with Gasteiger partial charge in [0.15, 0.2) is 5.17 Å². The zero-order valence-corrected chi connectivity index (χ0v) is 17.2. The number of benzene rings is 2. The molecule has 1 aliphatic heterocycles. The summed E-state index contributed by atoms with van der Waals surface area (Å²) in [4.78, 5) is 28.0. The smallest absolute Gasteiger partial charge is 0.328 e. The van der Waals surface area contributed by atoms with Gasteiger partial charge in [0.2, 0.25) is 0 Å². The van der Waals surface area contributed by atoms with Gasteiger partial charge in [0.1, 0.15) is 0 Å². The number of hydrogen-bond acceptors (Lipinski definition) is 5. The number of carboxylic acid groups (broad SMARTS) is 1. The average molecular weight is 410 g/mol. The lowest BCUT2D eigenvalue weighted by Crippen LogP contribution is -2.16. The van der Waals surface area contributed by atoms with Gasteiger partial charge in [-0.3, -0.25) is 9.79 Å². The van der Waals surface area contributed by atoms with Crippen LogP contribution in [0.2, 0.25) is 0 Å². The van der Waals surface area contributed by atoms with E-state index < -0.39 is 5.97 Å². The molecule has 0 bridgehead atoms. The molecule has 2 aromatic carbocycles. The number of carboxylic acids is 1. The Balaban J connectivity index is 1.75. The second-order valence-corrected chi connectivity index (χ2v) is 7.83. The summed E-state index contributed by atoms with van der Waals surface area (Å²) < 4.78 is 0. The molecule has 3 N–H and O–H groups in total. The van der Waals surface area contributed by atoms with Crippen LogP contribution in [-0.4, -0.2) is 34.4 Å². The Kier molecular flexibility index (Phi) is 6.72. The van der Waals surface area contributed by atoms with E-state index in [0.29, 0.717) is 5.56 Å². The van der Waals surface area contributed by atoms with E-state index in [1.807, 2.05) is 44.2 Å². The van der Waals surface area contributed by atoms with Crippen molar-refractivity contribution in [2.24, 2.45) is 4.99 Å². The van der Waals surface area contributed by atoms with E-state index >= 15 is 0 Å². The highest BCUT2D eigenvalue weighted by Gasteiger charge is 2.12. The summed E-state index contributed by atoms with van der Waals surface area (Å²) in [6, 6.07) is 11.0. The van der Waals surface area contributed by atoms with Crippen molar-refractivity contribution < 1.29 is 14.7 Å². The number of amides is 1. The number of rotatable bonds is 5. The van der Waals surface area contributed by atoms with Crippen molar-refractivity contribution in [2.75, 3.05) is 22.9 Å². The van der Waals surface area contributed by atoms with Gasteiger partial charge in [0, 0.05) is 35.3 Å². The minimum absolute atomic E-state index is 0.202. The molecule has 0 fully saturated rings. The first-order valence-corrected chi connectivity index (χ1v) is 10.3. The number of carbonyl (C=O) groups excluding carboxylic acids is 1. The van der Waals surface area contributed by atoms with Crippen LogP contribution in [0.1, 0.15) is 33.5 Å². The molecule has 0 saturated carbocycles. The van der Waals surface area contributed by atoms with E-state index in [1.54, 1.807) is 17.8 Å². The highest BCUT2D eigenvalue weighted by molar-refractivity contribution is 8.14. The maximum Gasteiger partial charge on any atom is 0.328 e. The van der Waals surface area contributed by atoms with Gasteiger partial charge >= 0.3 is 5.97 Å². The molecule has 0 saturated heterocycles. The number of aliphatic carboxylic acids is 1. The molecule has 3 rings (SSSR count). The van der Waals surface area contributed by atoms with Crippen LogP contribution in [0, 0.1) is 13.8 Å². The minimum atomic E-state index is -0.997. The summed E-state index contributed by atoms with van der Waals surface area (Å²) in [5.74, 6) is -0.155. The molecule has 0 spiro atoms. The van der Waals surface area contributed by atoms with Crippen LogP contribution in [0.4, 0.5) is 11.4 Å². The van der Waals surface area contributed by atoms with E-state index in [9.17, 15) is 9.59 Å². The second-order valence-electron chi connectivity index (χ2n) is 6.75. The van der Waals surface area contributed by atoms with Gasteiger partial charge in [-0.15, -0.1) is 0 Å². The second kappa shape index (κ2) is 9.43. The van der Waals surface area contributed by atoms with Crippen LogP contribution >= 0.6 is 11.8 Å². The molecule has 0 radical (unpaired) electrons. The molecule has 150 valence electrons.